The number of carbonyl (C=O) groups is 1. The van der Waals surface area contributed by atoms with Crippen LogP contribution in [0.5, 0.6) is 0 Å². The van der Waals surface area contributed by atoms with Crippen LogP contribution in [0.1, 0.15) is 15.2 Å². The van der Waals surface area contributed by atoms with Crippen LogP contribution < -0.4 is 0 Å². The number of carbonyl (C=O) groups excluding carboxylic acids is 1. The maximum atomic E-state index is 14.6. The number of amides is 1. The second kappa shape index (κ2) is 10.00. The molecule has 0 N–H and O–H groups in total. The van der Waals surface area contributed by atoms with Gasteiger partial charge < -0.3 is 4.90 Å². The zero-order valence-electron chi connectivity index (χ0n) is 19.2. The summed E-state index contributed by atoms with van der Waals surface area (Å²) in [5, 5.41) is 1.04. The SMILES string of the molecule is CON(C)C(=O)c1sc(-c2ccc(F)cc2F)c(C)c1-c1ccc(S(=O)(=O)N=CN(C)C)cc1. The lowest BCUT2D eigenvalue weighted by Gasteiger charge is -2.14. The standard InChI is InChI=1S/C23H23F2N3O4S2/c1-14-20(15-6-9-17(10-7-15)34(30,31)26-13-27(2)3)22(23(29)28(4)32-5)33-21(14)18-11-8-16(24)12-19(18)25/h6-13H,1-5H3. The van der Waals surface area contributed by atoms with Crippen molar-refractivity contribution in [3.05, 3.63) is 64.5 Å². The highest BCUT2D eigenvalue weighted by molar-refractivity contribution is 7.90. The van der Waals surface area contributed by atoms with Crippen molar-refractivity contribution >= 4 is 33.6 Å². The minimum Gasteiger partial charge on any atom is -0.368 e. The largest absolute Gasteiger partial charge is 0.368 e. The molecule has 0 saturated carbocycles. The molecule has 0 aliphatic rings. The average molecular weight is 508 g/mol. The topological polar surface area (TPSA) is 79.3 Å². The molecule has 0 aliphatic heterocycles. The van der Waals surface area contributed by atoms with Gasteiger partial charge in [0.2, 0.25) is 0 Å². The fraction of sp³-hybridized carbons (Fsp3) is 0.217. The lowest BCUT2D eigenvalue weighted by atomic mass is 9.98. The lowest BCUT2D eigenvalue weighted by Crippen LogP contribution is -2.25. The predicted octanol–water partition coefficient (Wildman–Crippen LogP) is 4.58. The van der Waals surface area contributed by atoms with E-state index in [1.165, 1.54) is 43.6 Å². The van der Waals surface area contributed by atoms with E-state index in [0.717, 1.165) is 28.5 Å². The van der Waals surface area contributed by atoms with Crippen LogP contribution in [-0.2, 0) is 14.9 Å². The second-order valence-corrected chi connectivity index (χ2v) is 10.2. The lowest BCUT2D eigenvalue weighted by molar-refractivity contribution is -0.0753. The summed E-state index contributed by atoms with van der Waals surface area (Å²) in [7, 11) is 2.18. The summed E-state index contributed by atoms with van der Waals surface area (Å²) in [6, 6.07) is 9.14. The van der Waals surface area contributed by atoms with Crippen LogP contribution in [0.3, 0.4) is 0 Å². The Hall–Kier alpha value is -3.15. The summed E-state index contributed by atoms with van der Waals surface area (Å²) in [5.41, 5.74) is 1.79. The van der Waals surface area contributed by atoms with Crippen LogP contribution in [0, 0.1) is 18.6 Å². The molecule has 0 radical (unpaired) electrons. The summed E-state index contributed by atoms with van der Waals surface area (Å²) in [4.78, 5) is 20.2. The molecule has 0 aliphatic carbocycles. The van der Waals surface area contributed by atoms with Gasteiger partial charge in [-0.3, -0.25) is 9.63 Å². The first-order chi connectivity index (χ1) is 16.0. The van der Waals surface area contributed by atoms with Crippen molar-refractivity contribution < 1.29 is 26.8 Å². The molecule has 1 amide bonds. The first kappa shape index (κ1) is 25.5. The minimum atomic E-state index is -3.91. The third kappa shape index (κ3) is 5.16. The normalized spacial score (nSPS) is 11.7. The van der Waals surface area contributed by atoms with Gasteiger partial charge in [-0.05, 0) is 42.3 Å². The average Bonchev–Trinajstić information content (AvgIpc) is 3.13. The fourth-order valence-electron chi connectivity index (χ4n) is 3.18. The van der Waals surface area contributed by atoms with Crippen molar-refractivity contribution in [2.24, 2.45) is 4.40 Å². The highest BCUT2D eigenvalue weighted by atomic mass is 32.2. The van der Waals surface area contributed by atoms with E-state index in [-0.39, 0.29) is 15.3 Å². The van der Waals surface area contributed by atoms with E-state index in [1.54, 1.807) is 33.2 Å². The number of hydroxylamine groups is 2. The smallest absolute Gasteiger partial charge is 0.287 e. The molecule has 11 heteroatoms. The van der Waals surface area contributed by atoms with Gasteiger partial charge in [-0.15, -0.1) is 15.7 Å². The van der Waals surface area contributed by atoms with E-state index in [2.05, 4.69) is 4.40 Å². The number of halogens is 2. The molecule has 1 heterocycles. The van der Waals surface area contributed by atoms with Gasteiger partial charge in [-0.2, -0.15) is 8.42 Å². The van der Waals surface area contributed by atoms with Gasteiger partial charge in [-0.25, -0.2) is 13.8 Å². The molecule has 7 nitrogen and oxygen atoms in total. The van der Waals surface area contributed by atoms with E-state index in [0.29, 0.717) is 21.6 Å². The molecular formula is C23H23F2N3O4S2. The zero-order valence-corrected chi connectivity index (χ0v) is 20.8. The number of hydrogen-bond donors (Lipinski definition) is 0. The third-order valence-corrected chi connectivity index (χ3v) is 7.49. The molecule has 0 atom stereocenters. The Kier molecular flexibility index (Phi) is 7.49. The van der Waals surface area contributed by atoms with E-state index in [1.807, 2.05) is 0 Å². The molecule has 34 heavy (non-hydrogen) atoms. The van der Waals surface area contributed by atoms with Crippen molar-refractivity contribution in [1.82, 2.24) is 9.96 Å². The van der Waals surface area contributed by atoms with Crippen molar-refractivity contribution in [2.45, 2.75) is 11.8 Å². The van der Waals surface area contributed by atoms with Crippen LogP contribution >= 0.6 is 11.3 Å². The summed E-state index contributed by atoms with van der Waals surface area (Å²) >= 11 is 1.05. The van der Waals surface area contributed by atoms with Gasteiger partial charge in [0, 0.05) is 43.2 Å². The minimum absolute atomic E-state index is 0.0195. The maximum absolute atomic E-state index is 14.6. The second-order valence-electron chi connectivity index (χ2n) is 7.55. The molecule has 0 saturated heterocycles. The maximum Gasteiger partial charge on any atom is 0.287 e. The van der Waals surface area contributed by atoms with Crippen molar-refractivity contribution in [3.8, 4) is 21.6 Å². The number of thiophene rings is 1. The molecule has 180 valence electrons. The number of benzene rings is 2. The Balaban J connectivity index is 2.16. The molecule has 1 aromatic heterocycles. The van der Waals surface area contributed by atoms with Crippen molar-refractivity contribution in [3.63, 3.8) is 0 Å². The van der Waals surface area contributed by atoms with Gasteiger partial charge in [-0.1, -0.05) is 12.1 Å². The fourth-order valence-corrected chi connectivity index (χ4v) is 5.42. The number of nitrogens with zero attached hydrogens (tertiary/aromatic N) is 3. The molecule has 0 spiro atoms. The Labute approximate surface area is 200 Å². The van der Waals surface area contributed by atoms with Crippen LogP contribution in [0.25, 0.3) is 21.6 Å². The van der Waals surface area contributed by atoms with E-state index in [9.17, 15) is 22.0 Å². The Morgan fingerprint density at radius 3 is 2.29 bits per heavy atom. The van der Waals surface area contributed by atoms with Crippen LogP contribution in [0.15, 0.2) is 51.8 Å². The van der Waals surface area contributed by atoms with Crippen LogP contribution in [0.4, 0.5) is 8.78 Å². The Morgan fingerprint density at radius 1 is 1.09 bits per heavy atom. The van der Waals surface area contributed by atoms with Crippen LogP contribution in [0.2, 0.25) is 0 Å². The molecule has 3 rings (SSSR count). The molecule has 0 unspecified atom stereocenters. The third-order valence-electron chi connectivity index (χ3n) is 4.93. The Bertz CT molecular complexity index is 1350. The first-order valence-corrected chi connectivity index (χ1v) is 12.2. The molecular weight excluding hydrogens is 484 g/mol. The van der Waals surface area contributed by atoms with Gasteiger partial charge in [0.15, 0.2) is 0 Å². The summed E-state index contributed by atoms with van der Waals surface area (Å²) in [6.45, 7) is 1.72. The zero-order chi connectivity index (χ0) is 25.2. The number of sulfonamides is 1. The van der Waals surface area contributed by atoms with Crippen molar-refractivity contribution in [1.29, 1.82) is 0 Å². The predicted molar refractivity (Wildman–Crippen MR) is 128 cm³/mol. The molecule has 3 aromatic rings. The quantitative estimate of drug-likeness (QED) is 0.266. The highest BCUT2D eigenvalue weighted by Crippen LogP contribution is 2.43. The number of rotatable bonds is 7. The van der Waals surface area contributed by atoms with E-state index in [4.69, 9.17) is 4.84 Å². The summed E-state index contributed by atoms with van der Waals surface area (Å²) < 4.78 is 56.5. The first-order valence-electron chi connectivity index (χ1n) is 9.94. The van der Waals surface area contributed by atoms with Gasteiger partial charge in [0.1, 0.15) is 22.9 Å². The summed E-state index contributed by atoms with van der Waals surface area (Å²) in [6.07, 6.45) is 1.19. The molecule has 0 bridgehead atoms. The van der Waals surface area contributed by atoms with Crippen LogP contribution in [-0.4, -0.2) is 58.9 Å². The van der Waals surface area contributed by atoms with Crippen molar-refractivity contribution in [2.75, 3.05) is 28.3 Å². The van der Waals surface area contributed by atoms with E-state index < -0.39 is 27.6 Å². The highest BCUT2D eigenvalue weighted by Gasteiger charge is 2.26. The monoisotopic (exact) mass is 507 g/mol. The number of hydrogen-bond acceptors (Lipinski definition) is 5. The van der Waals surface area contributed by atoms with Gasteiger partial charge in [0.25, 0.3) is 15.9 Å². The van der Waals surface area contributed by atoms with Gasteiger partial charge in [0.05, 0.1) is 12.0 Å². The molecule has 0 fully saturated rings. The Morgan fingerprint density at radius 2 is 1.74 bits per heavy atom. The van der Waals surface area contributed by atoms with Gasteiger partial charge >= 0.3 is 0 Å². The van der Waals surface area contributed by atoms with E-state index >= 15 is 0 Å². The summed E-state index contributed by atoms with van der Waals surface area (Å²) in [5.74, 6) is -1.93. The molecule has 2 aromatic carbocycles.